The van der Waals surface area contributed by atoms with Gasteiger partial charge in [0, 0.05) is 18.0 Å². The van der Waals surface area contributed by atoms with Crippen molar-refractivity contribution < 1.29 is 0 Å². The van der Waals surface area contributed by atoms with Crippen LogP contribution >= 0.6 is 11.3 Å². The van der Waals surface area contributed by atoms with Gasteiger partial charge < -0.3 is 10.6 Å². The highest BCUT2D eigenvalue weighted by molar-refractivity contribution is 7.11. The molecule has 1 heterocycles. The van der Waals surface area contributed by atoms with Crippen LogP contribution in [0.4, 0.5) is 0 Å². The molecule has 0 aliphatic heterocycles. The van der Waals surface area contributed by atoms with E-state index in [4.69, 9.17) is 0 Å². The van der Waals surface area contributed by atoms with Gasteiger partial charge in [-0.15, -0.1) is 11.3 Å². The predicted octanol–water partition coefficient (Wildman–Crippen LogP) is 3.39. The lowest BCUT2D eigenvalue weighted by atomic mass is 10.1. The summed E-state index contributed by atoms with van der Waals surface area (Å²) in [5.41, 5.74) is 1.13. The Hall–Kier alpha value is -1.10. The van der Waals surface area contributed by atoms with Crippen molar-refractivity contribution in [3.63, 3.8) is 0 Å². The normalized spacial score (nSPS) is 13.3. The molecule has 0 saturated carbocycles. The van der Waals surface area contributed by atoms with Gasteiger partial charge in [-0.25, -0.2) is 4.98 Å². The van der Waals surface area contributed by atoms with Gasteiger partial charge in [0.05, 0.1) is 12.2 Å². The fourth-order valence-corrected chi connectivity index (χ4v) is 2.85. The number of nitrogens with one attached hydrogen (secondary N) is 2. The van der Waals surface area contributed by atoms with E-state index in [0.29, 0.717) is 6.04 Å². The molecular weight excluding hydrogens is 268 g/mol. The summed E-state index contributed by atoms with van der Waals surface area (Å²) >= 11 is 1.75. The maximum absolute atomic E-state index is 4.53. The van der Waals surface area contributed by atoms with E-state index in [1.807, 2.05) is 7.05 Å². The topological polar surface area (TPSA) is 49.3 Å². The fraction of sp³-hybridized carbons (Fsp3) is 0.733. The molecule has 0 fully saturated rings. The lowest BCUT2D eigenvalue weighted by Crippen LogP contribution is -2.41. The molecule has 114 valence electrons. The molecule has 20 heavy (non-hydrogen) atoms. The van der Waals surface area contributed by atoms with Crippen LogP contribution in [0.2, 0.25) is 0 Å². The molecule has 0 aliphatic rings. The van der Waals surface area contributed by atoms with E-state index in [2.05, 4.69) is 48.3 Å². The Kier molecular flexibility index (Phi) is 7.59. The molecule has 1 rings (SSSR count). The highest BCUT2D eigenvalue weighted by Crippen LogP contribution is 2.15. The van der Waals surface area contributed by atoms with E-state index in [-0.39, 0.29) is 0 Å². The van der Waals surface area contributed by atoms with Crippen molar-refractivity contribution in [1.82, 2.24) is 15.6 Å². The monoisotopic (exact) mass is 296 g/mol. The van der Waals surface area contributed by atoms with Gasteiger partial charge >= 0.3 is 0 Å². The minimum atomic E-state index is 0.451. The van der Waals surface area contributed by atoms with Crippen LogP contribution in [0, 0.1) is 13.8 Å². The Morgan fingerprint density at radius 2 is 2.10 bits per heavy atom. The molecule has 0 amide bonds. The third-order valence-corrected chi connectivity index (χ3v) is 4.40. The largest absolute Gasteiger partial charge is 0.354 e. The van der Waals surface area contributed by atoms with E-state index in [9.17, 15) is 0 Å². The van der Waals surface area contributed by atoms with Gasteiger partial charge in [-0.2, -0.15) is 0 Å². The summed E-state index contributed by atoms with van der Waals surface area (Å²) in [4.78, 5) is 10.1. The van der Waals surface area contributed by atoms with E-state index in [0.717, 1.165) is 23.2 Å². The lowest BCUT2D eigenvalue weighted by molar-refractivity contribution is 0.546. The number of aliphatic imine (C=N–C) groups is 1. The predicted molar refractivity (Wildman–Crippen MR) is 88.5 cm³/mol. The first kappa shape index (κ1) is 17.0. The van der Waals surface area contributed by atoms with Crippen molar-refractivity contribution in [3.05, 3.63) is 15.6 Å². The molecule has 0 aliphatic carbocycles. The number of aromatic nitrogens is 1. The summed E-state index contributed by atoms with van der Waals surface area (Å²) in [7, 11) is 1.81. The SMILES string of the molecule is CCCCCC(C)NC(=NC)NCc1nc(C)c(C)s1. The molecule has 0 bridgehead atoms. The molecule has 0 saturated heterocycles. The summed E-state index contributed by atoms with van der Waals surface area (Å²) < 4.78 is 0. The molecule has 1 atom stereocenters. The number of hydrogen-bond donors (Lipinski definition) is 2. The molecule has 0 spiro atoms. The minimum Gasteiger partial charge on any atom is -0.354 e. The first-order valence-electron chi connectivity index (χ1n) is 7.46. The van der Waals surface area contributed by atoms with Crippen LogP contribution in [0.25, 0.3) is 0 Å². The Morgan fingerprint density at radius 3 is 2.65 bits per heavy atom. The standard InChI is InChI=1S/C15H28N4S/c1-6-7-8-9-11(2)18-15(16-5)17-10-14-19-12(3)13(4)20-14/h11H,6-10H2,1-5H3,(H2,16,17,18). The number of unbranched alkanes of at least 4 members (excludes halogenated alkanes) is 2. The lowest BCUT2D eigenvalue weighted by Gasteiger charge is -2.17. The second kappa shape index (κ2) is 8.95. The number of aryl methyl sites for hydroxylation is 2. The molecule has 0 radical (unpaired) electrons. The maximum atomic E-state index is 4.53. The molecule has 2 N–H and O–H groups in total. The van der Waals surface area contributed by atoms with Crippen LogP contribution in [-0.4, -0.2) is 24.0 Å². The second-order valence-corrected chi connectivity index (χ2v) is 6.50. The van der Waals surface area contributed by atoms with Crippen molar-refractivity contribution in [2.75, 3.05) is 7.05 Å². The molecule has 4 nitrogen and oxygen atoms in total. The molecule has 1 aromatic heterocycles. The Morgan fingerprint density at radius 1 is 1.35 bits per heavy atom. The van der Waals surface area contributed by atoms with Gasteiger partial charge in [-0.05, 0) is 27.2 Å². The average molecular weight is 296 g/mol. The maximum Gasteiger partial charge on any atom is 0.191 e. The summed E-state index contributed by atoms with van der Waals surface area (Å²) in [5, 5.41) is 7.88. The van der Waals surface area contributed by atoms with Crippen molar-refractivity contribution in [3.8, 4) is 0 Å². The van der Waals surface area contributed by atoms with Crippen LogP contribution in [0.3, 0.4) is 0 Å². The number of rotatable bonds is 7. The highest BCUT2D eigenvalue weighted by Gasteiger charge is 2.07. The molecule has 0 aromatic carbocycles. The third kappa shape index (κ3) is 5.90. The zero-order valence-electron chi connectivity index (χ0n) is 13.4. The Labute approximate surface area is 127 Å². The van der Waals surface area contributed by atoms with Gasteiger partial charge in [-0.1, -0.05) is 26.2 Å². The van der Waals surface area contributed by atoms with Crippen molar-refractivity contribution in [2.24, 2.45) is 4.99 Å². The first-order chi connectivity index (χ1) is 9.56. The smallest absolute Gasteiger partial charge is 0.191 e. The van der Waals surface area contributed by atoms with Crippen LogP contribution in [-0.2, 0) is 6.54 Å². The molecular formula is C15H28N4S. The fourth-order valence-electron chi connectivity index (χ4n) is 1.97. The zero-order chi connectivity index (χ0) is 15.0. The zero-order valence-corrected chi connectivity index (χ0v) is 14.2. The van der Waals surface area contributed by atoms with Gasteiger partial charge in [0.2, 0.25) is 0 Å². The summed E-state index contributed by atoms with van der Waals surface area (Å²) in [6.07, 6.45) is 5.02. The summed E-state index contributed by atoms with van der Waals surface area (Å²) in [6, 6.07) is 0.451. The van der Waals surface area contributed by atoms with Crippen LogP contribution < -0.4 is 10.6 Å². The summed E-state index contributed by atoms with van der Waals surface area (Å²) in [5.74, 6) is 0.861. The number of guanidine groups is 1. The quantitative estimate of drug-likeness (QED) is 0.460. The van der Waals surface area contributed by atoms with Gasteiger partial charge in [0.25, 0.3) is 0 Å². The van der Waals surface area contributed by atoms with Crippen molar-refractivity contribution in [1.29, 1.82) is 0 Å². The Balaban J connectivity index is 2.36. The second-order valence-electron chi connectivity index (χ2n) is 5.22. The highest BCUT2D eigenvalue weighted by atomic mass is 32.1. The summed E-state index contributed by atoms with van der Waals surface area (Å²) in [6.45, 7) is 9.34. The Bertz CT molecular complexity index is 406. The van der Waals surface area contributed by atoms with Crippen molar-refractivity contribution >= 4 is 17.3 Å². The molecule has 5 heteroatoms. The first-order valence-corrected chi connectivity index (χ1v) is 8.28. The van der Waals surface area contributed by atoms with Crippen LogP contribution in [0.15, 0.2) is 4.99 Å². The van der Waals surface area contributed by atoms with Gasteiger partial charge in [0.1, 0.15) is 5.01 Å². The number of thiazole rings is 1. The third-order valence-electron chi connectivity index (χ3n) is 3.33. The van der Waals surface area contributed by atoms with Gasteiger partial charge in [0.15, 0.2) is 5.96 Å². The van der Waals surface area contributed by atoms with Crippen molar-refractivity contribution in [2.45, 2.75) is 66.0 Å². The van der Waals surface area contributed by atoms with Crippen LogP contribution in [0.1, 0.15) is 55.1 Å². The van der Waals surface area contributed by atoms with Crippen LogP contribution in [0.5, 0.6) is 0 Å². The van der Waals surface area contributed by atoms with Gasteiger partial charge in [-0.3, -0.25) is 4.99 Å². The number of hydrogen-bond acceptors (Lipinski definition) is 3. The molecule has 1 unspecified atom stereocenters. The molecule has 1 aromatic rings. The van der Waals surface area contributed by atoms with E-state index < -0.39 is 0 Å². The van der Waals surface area contributed by atoms with E-state index >= 15 is 0 Å². The van der Waals surface area contributed by atoms with E-state index in [1.54, 1.807) is 11.3 Å². The van der Waals surface area contributed by atoms with E-state index in [1.165, 1.54) is 30.6 Å². The average Bonchev–Trinajstić information content (AvgIpc) is 2.74. The minimum absolute atomic E-state index is 0.451. The number of nitrogens with zero attached hydrogens (tertiary/aromatic N) is 2.